The van der Waals surface area contributed by atoms with Crippen molar-refractivity contribution < 1.29 is 9.28 Å². The number of anilines is 1. The second-order valence-electron chi connectivity index (χ2n) is 9.75. The van der Waals surface area contributed by atoms with Gasteiger partial charge in [-0.15, -0.1) is 0 Å². The highest BCUT2D eigenvalue weighted by Gasteiger charge is 2.46. The van der Waals surface area contributed by atoms with Crippen LogP contribution in [-0.2, 0) is 0 Å². The van der Waals surface area contributed by atoms with Crippen LogP contribution in [0.4, 0.5) is 10.5 Å². The normalized spacial score (nSPS) is 27.2. The summed E-state index contributed by atoms with van der Waals surface area (Å²) in [5.41, 5.74) is 6.91. The lowest BCUT2D eigenvalue weighted by Crippen LogP contribution is -2.60. The average Bonchev–Trinajstić information content (AvgIpc) is 3.16. The van der Waals surface area contributed by atoms with Crippen molar-refractivity contribution in [3.63, 3.8) is 0 Å². The quantitative estimate of drug-likeness (QED) is 0.609. The molecule has 1 saturated carbocycles. The molecule has 1 aliphatic carbocycles. The van der Waals surface area contributed by atoms with Crippen LogP contribution < -0.4 is 10.6 Å². The third-order valence-corrected chi connectivity index (χ3v) is 8.84. The first kappa shape index (κ1) is 23.2. The number of likely N-dealkylation sites (tertiary alicyclic amines) is 1. The van der Waals surface area contributed by atoms with Crippen molar-refractivity contribution in [2.24, 2.45) is 11.7 Å². The number of benzene rings is 1. The molecule has 3 fully saturated rings. The van der Waals surface area contributed by atoms with Gasteiger partial charge in [0.2, 0.25) is 0 Å². The summed E-state index contributed by atoms with van der Waals surface area (Å²) in [7, 11) is 0. The Labute approximate surface area is 197 Å². The van der Waals surface area contributed by atoms with Crippen molar-refractivity contribution >= 4 is 34.9 Å². The summed E-state index contributed by atoms with van der Waals surface area (Å²) in [4.78, 5) is 17.2. The van der Waals surface area contributed by atoms with Crippen LogP contribution >= 0.6 is 23.2 Å². The zero-order valence-electron chi connectivity index (χ0n) is 18.6. The van der Waals surface area contributed by atoms with Gasteiger partial charge in [0, 0.05) is 45.3 Å². The minimum absolute atomic E-state index is 0.0881. The number of nitrogens with two attached hydrogens (primary N) is 1. The highest BCUT2D eigenvalue weighted by atomic mass is 35.5. The topological polar surface area (TPSA) is 49.6 Å². The van der Waals surface area contributed by atoms with E-state index in [2.05, 4.69) is 15.9 Å². The van der Waals surface area contributed by atoms with E-state index in [1.54, 1.807) is 0 Å². The van der Waals surface area contributed by atoms with Crippen LogP contribution in [0.25, 0.3) is 0 Å². The van der Waals surface area contributed by atoms with Gasteiger partial charge in [-0.2, -0.15) is 0 Å². The molecule has 5 nitrogen and oxygen atoms in total. The lowest BCUT2D eigenvalue weighted by Gasteiger charge is -2.41. The van der Waals surface area contributed by atoms with Crippen molar-refractivity contribution in [2.45, 2.75) is 57.4 Å². The summed E-state index contributed by atoms with van der Waals surface area (Å²) in [6.45, 7) is 7.32. The Hall–Kier alpha value is -1.01. The maximum absolute atomic E-state index is 12.2. The molecule has 172 valence electrons. The van der Waals surface area contributed by atoms with Gasteiger partial charge in [-0.25, -0.2) is 9.28 Å². The monoisotopic (exact) mass is 467 g/mol. The van der Waals surface area contributed by atoms with Crippen LogP contribution in [0.15, 0.2) is 18.2 Å². The summed E-state index contributed by atoms with van der Waals surface area (Å²) < 4.78 is 0.570. The number of quaternary nitrogens is 1. The van der Waals surface area contributed by atoms with Crippen LogP contribution in [0.2, 0.25) is 10.0 Å². The fraction of sp³-hybridized carbons (Fsp3) is 0.708. The predicted molar refractivity (Wildman–Crippen MR) is 129 cm³/mol. The Balaban J connectivity index is 1.23. The molecular weight excluding hydrogens is 431 g/mol. The van der Waals surface area contributed by atoms with Gasteiger partial charge in [-0.05, 0) is 56.8 Å². The third kappa shape index (κ3) is 5.16. The number of primary amides is 1. The minimum Gasteiger partial charge on any atom is -0.369 e. The Morgan fingerprint density at radius 2 is 1.74 bits per heavy atom. The molecule has 3 aliphatic rings. The summed E-state index contributed by atoms with van der Waals surface area (Å²) in [5.74, 6) is 0.786. The summed E-state index contributed by atoms with van der Waals surface area (Å²) >= 11 is 12.7. The minimum atomic E-state index is -0.0881. The molecule has 31 heavy (non-hydrogen) atoms. The van der Waals surface area contributed by atoms with E-state index in [0.717, 1.165) is 83.0 Å². The number of rotatable bonds is 5. The van der Waals surface area contributed by atoms with Gasteiger partial charge in [-0.3, -0.25) is 0 Å². The molecule has 2 aliphatic heterocycles. The second kappa shape index (κ2) is 10.3. The number of urea groups is 1. The number of hydrogen-bond donors (Lipinski definition) is 1. The highest BCUT2D eigenvalue weighted by molar-refractivity contribution is 6.43. The average molecular weight is 468 g/mol. The standard InChI is InChI=1S/C24H36Cl2N4O/c25-21-5-3-6-22(23(21)26)29-13-4-12-28(15-16-29)14-11-19-7-9-20(10-8-19)30(24(27)31)17-1-2-18-30/h3,5-6,19-20H,1-2,4,7-18H2,(H-,27,31)/p+1/t19-,20-. The third-order valence-electron chi connectivity index (χ3n) is 8.03. The van der Waals surface area contributed by atoms with Crippen molar-refractivity contribution in [1.82, 2.24) is 4.90 Å². The molecule has 0 atom stereocenters. The fourth-order valence-electron chi connectivity index (χ4n) is 6.13. The first-order valence-electron chi connectivity index (χ1n) is 12.1. The van der Waals surface area contributed by atoms with Gasteiger partial charge in [0.1, 0.15) is 0 Å². The zero-order chi connectivity index (χ0) is 21.8. The first-order chi connectivity index (χ1) is 15.0. The molecule has 0 aromatic heterocycles. The molecule has 0 bridgehead atoms. The largest absolute Gasteiger partial charge is 0.414 e. The zero-order valence-corrected chi connectivity index (χ0v) is 20.1. The molecule has 1 aromatic carbocycles. The lowest BCUT2D eigenvalue weighted by molar-refractivity contribution is -0.864. The van der Waals surface area contributed by atoms with Crippen LogP contribution in [-0.4, -0.2) is 67.3 Å². The Bertz CT molecular complexity index is 760. The van der Waals surface area contributed by atoms with E-state index in [4.69, 9.17) is 28.9 Å². The second-order valence-corrected chi connectivity index (χ2v) is 10.5. The predicted octanol–water partition coefficient (Wildman–Crippen LogP) is 5.14. The number of hydrogen-bond acceptors (Lipinski definition) is 3. The number of halogens is 2. The van der Waals surface area contributed by atoms with Crippen LogP contribution in [0, 0.1) is 5.92 Å². The van der Waals surface area contributed by atoms with E-state index in [0.29, 0.717) is 20.6 Å². The smallest absolute Gasteiger partial charge is 0.369 e. The summed E-state index contributed by atoms with van der Waals surface area (Å²) in [6, 6.07) is 6.28. The van der Waals surface area contributed by atoms with Gasteiger partial charge in [0.15, 0.2) is 0 Å². The molecule has 2 amide bonds. The maximum atomic E-state index is 12.2. The molecule has 7 heteroatoms. The Morgan fingerprint density at radius 1 is 1.00 bits per heavy atom. The molecule has 2 N–H and O–H groups in total. The van der Waals surface area contributed by atoms with Crippen LogP contribution in [0.3, 0.4) is 0 Å². The van der Waals surface area contributed by atoms with E-state index in [1.807, 2.05) is 12.1 Å². The Kier molecular flexibility index (Phi) is 7.68. The highest BCUT2D eigenvalue weighted by Crippen LogP contribution is 2.36. The fourth-order valence-corrected chi connectivity index (χ4v) is 6.55. The van der Waals surface area contributed by atoms with E-state index in [1.165, 1.54) is 25.8 Å². The molecule has 0 unspecified atom stereocenters. The molecule has 1 aromatic rings. The summed E-state index contributed by atoms with van der Waals surface area (Å²) in [6.07, 6.45) is 9.52. The maximum Gasteiger partial charge on any atom is 0.414 e. The van der Waals surface area contributed by atoms with Crippen LogP contribution in [0.5, 0.6) is 0 Å². The van der Waals surface area contributed by atoms with Gasteiger partial charge in [0.25, 0.3) is 0 Å². The van der Waals surface area contributed by atoms with E-state index in [9.17, 15) is 4.79 Å². The van der Waals surface area contributed by atoms with Crippen LogP contribution in [0.1, 0.15) is 51.4 Å². The summed E-state index contributed by atoms with van der Waals surface area (Å²) in [5, 5.41) is 1.30. The van der Waals surface area contributed by atoms with E-state index >= 15 is 0 Å². The number of nitrogens with zero attached hydrogens (tertiary/aromatic N) is 3. The van der Waals surface area contributed by atoms with Gasteiger partial charge < -0.3 is 15.5 Å². The SMILES string of the molecule is NC(=O)[N+]1([C@H]2CC[C@H](CCN3CCCN(c4cccc(Cl)c4Cl)CC3)CC2)CCCC1. The van der Waals surface area contributed by atoms with Crippen molar-refractivity contribution in [1.29, 1.82) is 0 Å². The lowest BCUT2D eigenvalue weighted by atomic mass is 9.82. The van der Waals surface area contributed by atoms with Crippen molar-refractivity contribution in [2.75, 3.05) is 50.7 Å². The molecule has 4 rings (SSSR count). The van der Waals surface area contributed by atoms with Gasteiger partial charge >= 0.3 is 6.03 Å². The molecule has 2 heterocycles. The van der Waals surface area contributed by atoms with E-state index < -0.39 is 0 Å². The number of amides is 2. The molecule has 2 saturated heterocycles. The molecule has 0 spiro atoms. The molecular formula is C24H37Cl2N4O+. The van der Waals surface area contributed by atoms with Crippen molar-refractivity contribution in [3.05, 3.63) is 28.2 Å². The first-order valence-corrected chi connectivity index (χ1v) is 12.8. The van der Waals surface area contributed by atoms with Gasteiger partial charge in [0.05, 0.1) is 34.9 Å². The van der Waals surface area contributed by atoms with E-state index in [-0.39, 0.29) is 6.03 Å². The number of carbonyl (C=O) groups excluding carboxylic acids is 1. The number of carbonyl (C=O) groups is 1. The Morgan fingerprint density at radius 3 is 2.45 bits per heavy atom. The van der Waals surface area contributed by atoms with Gasteiger partial charge in [-0.1, -0.05) is 29.3 Å². The van der Waals surface area contributed by atoms with Crippen molar-refractivity contribution in [3.8, 4) is 0 Å². The molecule has 0 radical (unpaired) electrons.